The maximum atomic E-state index is 11.0. The first-order chi connectivity index (χ1) is 8.19. The van der Waals surface area contributed by atoms with Crippen LogP contribution >= 0.6 is 0 Å². The fourth-order valence-electron chi connectivity index (χ4n) is 1.93. The Bertz CT molecular complexity index is 599. The van der Waals surface area contributed by atoms with Crippen LogP contribution in [0, 0.1) is 0 Å². The van der Waals surface area contributed by atoms with Crippen LogP contribution in [0.4, 0.5) is 0 Å². The van der Waals surface area contributed by atoms with E-state index in [1.165, 1.54) is 13.2 Å². The number of aromatic carboxylic acids is 1. The molecule has 1 aromatic heterocycles. The highest BCUT2D eigenvalue weighted by molar-refractivity contribution is 5.95. The lowest BCUT2D eigenvalue weighted by Gasteiger charge is -2.02. The van der Waals surface area contributed by atoms with E-state index in [1.807, 2.05) is 0 Å². The molecule has 3 rings (SSSR count). The monoisotopic (exact) mass is 232 g/mol. The molecule has 5 heteroatoms. The number of carboxylic acids is 1. The van der Waals surface area contributed by atoms with Crippen molar-refractivity contribution in [3.05, 3.63) is 23.5 Å². The van der Waals surface area contributed by atoms with E-state index in [2.05, 4.69) is 9.97 Å². The quantitative estimate of drug-likeness (QED) is 0.850. The predicted molar refractivity (Wildman–Crippen MR) is 61.6 cm³/mol. The summed E-state index contributed by atoms with van der Waals surface area (Å²) in [6, 6.07) is 3.10. The van der Waals surface area contributed by atoms with Crippen LogP contribution in [0.25, 0.3) is 11.0 Å². The molecule has 0 aliphatic heterocycles. The highest BCUT2D eigenvalue weighted by atomic mass is 16.5. The fourth-order valence-corrected chi connectivity index (χ4v) is 1.93. The number of H-pyrrole nitrogens is 1. The lowest BCUT2D eigenvalue weighted by molar-refractivity contribution is 0.0696. The SMILES string of the molecule is COc1cc(C(=O)O)cc2[nH]c(C3CC3)nc12. The number of carboxylic acid groups (broad SMARTS) is 1. The van der Waals surface area contributed by atoms with Crippen LogP contribution in [0.3, 0.4) is 0 Å². The zero-order valence-electron chi connectivity index (χ0n) is 9.36. The Morgan fingerprint density at radius 3 is 2.88 bits per heavy atom. The Morgan fingerprint density at radius 2 is 2.29 bits per heavy atom. The molecule has 0 amide bonds. The molecule has 88 valence electrons. The molecule has 0 bridgehead atoms. The molecule has 1 saturated carbocycles. The van der Waals surface area contributed by atoms with E-state index < -0.39 is 5.97 Å². The van der Waals surface area contributed by atoms with Crippen LogP contribution in [-0.4, -0.2) is 28.2 Å². The van der Waals surface area contributed by atoms with Crippen molar-refractivity contribution in [2.24, 2.45) is 0 Å². The summed E-state index contributed by atoms with van der Waals surface area (Å²) in [4.78, 5) is 18.6. The van der Waals surface area contributed by atoms with Gasteiger partial charge in [0.2, 0.25) is 0 Å². The molecule has 0 spiro atoms. The van der Waals surface area contributed by atoms with Gasteiger partial charge in [-0.25, -0.2) is 9.78 Å². The second kappa shape index (κ2) is 3.48. The van der Waals surface area contributed by atoms with Crippen LogP contribution in [0.5, 0.6) is 5.75 Å². The number of methoxy groups -OCH3 is 1. The molecular formula is C12H12N2O3. The summed E-state index contributed by atoms with van der Waals surface area (Å²) in [5.41, 5.74) is 1.64. The van der Waals surface area contributed by atoms with Gasteiger partial charge < -0.3 is 14.8 Å². The van der Waals surface area contributed by atoms with Crippen molar-refractivity contribution in [2.75, 3.05) is 7.11 Å². The minimum atomic E-state index is -0.965. The zero-order valence-corrected chi connectivity index (χ0v) is 9.36. The summed E-state index contributed by atoms with van der Waals surface area (Å²) in [7, 11) is 1.52. The van der Waals surface area contributed by atoms with Gasteiger partial charge in [0.1, 0.15) is 17.1 Å². The van der Waals surface area contributed by atoms with E-state index in [1.54, 1.807) is 6.07 Å². The molecule has 1 heterocycles. The smallest absolute Gasteiger partial charge is 0.335 e. The van der Waals surface area contributed by atoms with E-state index in [4.69, 9.17) is 9.84 Å². The van der Waals surface area contributed by atoms with Gasteiger partial charge in [0.25, 0.3) is 0 Å². The number of fused-ring (bicyclic) bond motifs is 1. The van der Waals surface area contributed by atoms with Crippen LogP contribution in [0.1, 0.15) is 34.9 Å². The number of nitrogens with zero attached hydrogens (tertiary/aromatic N) is 1. The lowest BCUT2D eigenvalue weighted by Crippen LogP contribution is -1.97. The van der Waals surface area contributed by atoms with Gasteiger partial charge in [-0.15, -0.1) is 0 Å². The van der Waals surface area contributed by atoms with Crippen molar-refractivity contribution in [3.63, 3.8) is 0 Å². The summed E-state index contributed by atoms with van der Waals surface area (Å²) >= 11 is 0. The molecule has 1 fully saturated rings. The standard InChI is InChI=1S/C12H12N2O3/c1-17-9-5-7(12(15)16)4-8-10(9)14-11(13-8)6-2-3-6/h4-6H,2-3H2,1H3,(H,13,14)(H,15,16). The van der Waals surface area contributed by atoms with Crippen LogP contribution in [-0.2, 0) is 0 Å². The molecule has 0 saturated heterocycles. The molecular weight excluding hydrogens is 220 g/mol. The van der Waals surface area contributed by atoms with Gasteiger partial charge in [-0.2, -0.15) is 0 Å². The average Bonchev–Trinajstić information content (AvgIpc) is 3.07. The minimum absolute atomic E-state index is 0.209. The van der Waals surface area contributed by atoms with E-state index in [0.717, 1.165) is 24.2 Å². The molecule has 0 atom stereocenters. The van der Waals surface area contributed by atoms with Crippen molar-refractivity contribution in [3.8, 4) is 5.75 Å². The number of imidazole rings is 1. The molecule has 1 aliphatic carbocycles. The molecule has 1 aromatic carbocycles. The first-order valence-electron chi connectivity index (χ1n) is 5.50. The van der Waals surface area contributed by atoms with E-state index in [-0.39, 0.29) is 5.56 Å². The van der Waals surface area contributed by atoms with Crippen molar-refractivity contribution in [1.29, 1.82) is 0 Å². The Balaban J connectivity index is 2.21. The molecule has 0 radical (unpaired) electrons. The maximum Gasteiger partial charge on any atom is 0.335 e. The number of ether oxygens (including phenoxy) is 1. The fraction of sp³-hybridized carbons (Fsp3) is 0.333. The Labute approximate surface area is 97.4 Å². The van der Waals surface area contributed by atoms with E-state index >= 15 is 0 Å². The molecule has 1 aliphatic rings. The minimum Gasteiger partial charge on any atom is -0.494 e. The molecule has 17 heavy (non-hydrogen) atoms. The second-order valence-electron chi connectivity index (χ2n) is 4.28. The van der Waals surface area contributed by atoms with Gasteiger partial charge >= 0.3 is 5.97 Å². The average molecular weight is 232 g/mol. The number of carbonyl (C=O) groups is 1. The summed E-state index contributed by atoms with van der Waals surface area (Å²) < 4.78 is 5.19. The van der Waals surface area contributed by atoms with Crippen LogP contribution in [0.2, 0.25) is 0 Å². The largest absolute Gasteiger partial charge is 0.494 e. The molecule has 2 N–H and O–H groups in total. The molecule has 2 aromatic rings. The number of hydrogen-bond donors (Lipinski definition) is 2. The number of rotatable bonds is 3. The summed E-state index contributed by atoms with van der Waals surface area (Å²) in [6.45, 7) is 0. The third-order valence-electron chi connectivity index (χ3n) is 3.00. The van der Waals surface area contributed by atoms with Crippen LogP contribution in [0.15, 0.2) is 12.1 Å². The maximum absolute atomic E-state index is 11.0. The zero-order chi connectivity index (χ0) is 12.0. The third-order valence-corrected chi connectivity index (χ3v) is 3.00. The van der Waals surface area contributed by atoms with Gasteiger partial charge in [-0.1, -0.05) is 0 Å². The summed E-state index contributed by atoms with van der Waals surface area (Å²) in [5, 5.41) is 9.00. The van der Waals surface area contributed by atoms with Gasteiger partial charge in [0, 0.05) is 5.92 Å². The first-order valence-corrected chi connectivity index (χ1v) is 5.50. The molecule has 0 unspecified atom stereocenters. The Morgan fingerprint density at radius 1 is 1.53 bits per heavy atom. The van der Waals surface area contributed by atoms with Crippen LogP contribution < -0.4 is 4.74 Å². The van der Waals surface area contributed by atoms with Crippen molar-refractivity contribution in [1.82, 2.24) is 9.97 Å². The van der Waals surface area contributed by atoms with Gasteiger partial charge in [0.05, 0.1) is 18.2 Å². The van der Waals surface area contributed by atoms with E-state index in [0.29, 0.717) is 17.2 Å². The predicted octanol–water partition coefficient (Wildman–Crippen LogP) is 2.15. The summed E-state index contributed by atoms with van der Waals surface area (Å²) in [5.74, 6) is 0.969. The normalized spacial score (nSPS) is 15.1. The van der Waals surface area contributed by atoms with Gasteiger partial charge in [-0.05, 0) is 25.0 Å². The number of aromatic amines is 1. The highest BCUT2D eigenvalue weighted by Gasteiger charge is 2.27. The summed E-state index contributed by atoms with van der Waals surface area (Å²) in [6.07, 6.45) is 2.29. The van der Waals surface area contributed by atoms with E-state index in [9.17, 15) is 4.79 Å². The Hall–Kier alpha value is -2.04. The third kappa shape index (κ3) is 1.63. The van der Waals surface area contributed by atoms with Crippen molar-refractivity contribution >= 4 is 17.0 Å². The lowest BCUT2D eigenvalue weighted by atomic mass is 10.2. The van der Waals surface area contributed by atoms with Gasteiger partial charge in [-0.3, -0.25) is 0 Å². The number of aromatic nitrogens is 2. The number of nitrogens with one attached hydrogen (secondary N) is 1. The molecule has 5 nitrogen and oxygen atoms in total. The first kappa shape index (κ1) is 10.1. The number of benzene rings is 1. The van der Waals surface area contributed by atoms with Crippen molar-refractivity contribution in [2.45, 2.75) is 18.8 Å². The second-order valence-corrected chi connectivity index (χ2v) is 4.28. The van der Waals surface area contributed by atoms with Crippen molar-refractivity contribution < 1.29 is 14.6 Å². The topological polar surface area (TPSA) is 75.2 Å². The Kier molecular flexibility index (Phi) is 2.07. The van der Waals surface area contributed by atoms with Gasteiger partial charge in [0.15, 0.2) is 0 Å². The number of hydrogen-bond acceptors (Lipinski definition) is 3. The highest BCUT2D eigenvalue weighted by Crippen LogP contribution is 2.40.